The highest BCUT2D eigenvalue weighted by atomic mass is 16.5. The largest absolute Gasteiger partial charge is 0.381 e. The molecule has 1 atom stereocenters. The van der Waals surface area contributed by atoms with Crippen molar-refractivity contribution in [2.75, 3.05) is 26.3 Å². The van der Waals surface area contributed by atoms with Crippen LogP contribution in [0.3, 0.4) is 0 Å². The molecule has 1 aliphatic rings. The van der Waals surface area contributed by atoms with Gasteiger partial charge in [0.1, 0.15) is 0 Å². The molecule has 1 saturated heterocycles. The topological polar surface area (TPSA) is 21.3 Å². The molecule has 0 saturated carbocycles. The smallest absolute Gasteiger partial charge is 0.0495 e. The second-order valence-corrected chi connectivity index (χ2v) is 5.58. The molecule has 14 heavy (non-hydrogen) atoms. The van der Waals surface area contributed by atoms with E-state index in [9.17, 15) is 0 Å². The molecule has 84 valence electrons. The lowest BCUT2D eigenvalue weighted by Gasteiger charge is -2.18. The van der Waals surface area contributed by atoms with E-state index in [1.807, 2.05) is 0 Å². The van der Waals surface area contributed by atoms with Crippen molar-refractivity contribution < 1.29 is 4.74 Å². The number of nitrogens with one attached hydrogen (secondary N) is 1. The third-order valence-corrected chi connectivity index (χ3v) is 2.81. The number of ether oxygens (including phenoxy) is 1. The molecular weight excluding hydrogens is 174 g/mol. The van der Waals surface area contributed by atoms with Crippen molar-refractivity contribution in [3.8, 4) is 0 Å². The Morgan fingerprint density at radius 3 is 2.64 bits per heavy atom. The molecule has 1 unspecified atom stereocenters. The molecule has 0 aromatic rings. The van der Waals surface area contributed by atoms with Crippen molar-refractivity contribution in [2.45, 2.75) is 40.0 Å². The summed E-state index contributed by atoms with van der Waals surface area (Å²) in [5.41, 5.74) is 0.462. The highest BCUT2D eigenvalue weighted by Gasteiger charge is 2.14. The predicted molar refractivity (Wildman–Crippen MR) is 60.5 cm³/mol. The summed E-state index contributed by atoms with van der Waals surface area (Å²) in [6.07, 6.45) is 3.80. The minimum Gasteiger partial charge on any atom is -0.381 e. The standard InChI is InChI=1S/C12H25NO/c1-12(2,3)6-8-13-7-4-11-5-9-14-10-11/h11,13H,4-10H2,1-3H3. The van der Waals surface area contributed by atoms with Crippen molar-refractivity contribution in [2.24, 2.45) is 11.3 Å². The van der Waals surface area contributed by atoms with Crippen LogP contribution in [-0.4, -0.2) is 26.3 Å². The summed E-state index contributed by atoms with van der Waals surface area (Å²) in [6.45, 7) is 11.1. The second kappa shape index (κ2) is 5.72. The maximum absolute atomic E-state index is 5.34. The van der Waals surface area contributed by atoms with Crippen LogP contribution in [-0.2, 0) is 4.74 Å². The first-order chi connectivity index (χ1) is 6.58. The molecule has 0 spiro atoms. The van der Waals surface area contributed by atoms with E-state index in [2.05, 4.69) is 26.1 Å². The lowest BCUT2D eigenvalue weighted by atomic mass is 9.92. The molecule has 0 amide bonds. The Balaban J connectivity index is 1.89. The number of hydrogen-bond acceptors (Lipinski definition) is 2. The summed E-state index contributed by atoms with van der Waals surface area (Å²) < 4.78 is 5.34. The van der Waals surface area contributed by atoms with E-state index in [4.69, 9.17) is 4.74 Å². The first kappa shape index (κ1) is 12.0. The zero-order valence-corrected chi connectivity index (χ0v) is 9.94. The zero-order chi connectivity index (χ0) is 10.4. The summed E-state index contributed by atoms with van der Waals surface area (Å²) in [7, 11) is 0. The minimum absolute atomic E-state index is 0.462. The Morgan fingerprint density at radius 1 is 1.29 bits per heavy atom. The van der Waals surface area contributed by atoms with Crippen molar-refractivity contribution in [3.05, 3.63) is 0 Å². The molecule has 0 aromatic carbocycles. The zero-order valence-electron chi connectivity index (χ0n) is 9.94. The summed E-state index contributed by atoms with van der Waals surface area (Å²) in [4.78, 5) is 0. The monoisotopic (exact) mass is 199 g/mol. The van der Waals surface area contributed by atoms with Gasteiger partial charge in [-0.15, -0.1) is 0 Å². The van der Waals surface area contributed by atoms with Gasteiger partial charge in [-0.05, 0) is 43.7 Å². The maximum atomic E-state index is 5.34. The first-order valence-electron chi connectivity index (χ1n) is 5.86. The molecule has 1 fully saturated rings. The van der Waals surface area contributed by atoms with Crippen LogP contribution < -0.4 is 5.32 Å². The molecule has 1 aliphatic heterocycles. The van der Waals surface area contributed by atoms with E-state index in [1.54, 1.807) is 0 Å². The van der Waals surface area contributed by atoms with Gasteiger partial charge < -0.3 is 10.1 Å². The highest BCUT2D eigenvalue weighted by Crippen LogP contribution is 2.17. The van der Waals surface area contributed by atoms with Gasteiger partial charge in [0, 0.05) is 13.2 Å². The Hall–Kier alpha value is -0.0800. The van der Waals surface area contributed by atoms with Crippen LogP contribution in [0.1, 0.15) is 40.0 Å². The fourth-order valence-corrected chi connectivity index (χ4v) is 1.71. The predicted octanol–water partition coefficient (Wildman–Crippen LogP) is 2.44. The summed E-state index contributed by atoms with van der Waals surface area (Å²) in [5, 5.41) is 3.51. The third-order valence-electron chi connectivity index (χ3n) is 2.81. The molecule has 0 aromatic heterocycles. The lowest BCUT2D eigenvalue weighted by Crippen LogP contribution is -2.23. The summed E-state index contributed by atoms with van der Waals surface area (Å²) >= 11 is 0. The summed E-state index contributed by atoms with van der Waals surface area (Å²) in [5.74, 6) is 0.817. The van der Waals surface area contributed by atoms with Crippen LogP contribution in [0.2, 0.25) is 0 Å². The van der Waals surface area contributed by atoms with Crippen LogP contribution in [0.25, 0.3) is 0 Å². The fourth-order valence-electron chi connectivity index (χ4n) is 1.71. The molecule has 1 rings (SSSR count). The van der Waals surface area contributed by atoms with Crippen molar-refractivity contribution in [1.29, 1.82) is 0 Å². The fraction of sp³-hybridized carbons (Fsp3) is 1.00. The summed E-state index contributed by atoms with van der Waals surface area (Å²) in [6, 6.07) is 0. The van der Waals surface area contributed by atoms with Crippen LogP contribution in [0.5, 0.6) is 0 Å². The van der Waals surface area contributed by atoms with Crippen LogP contribution >= 0.6 is 0 Å². The molecule has 1 heterocycles. The quantitative estimate of drug-likeness (QED) is 0.687. The van der Waals surface area contributed by atoms with Gasteiger partial charge in [0.2, 0.25) is 0 Å². The normalized spacial score (nSPS) is 22.9. The van der Waals surface area contributed by atoms with E-state index in [-0.39, 0.29) is 0 Å². The molecular formula is C12H25NO. The van der Waals surface area contributed by atoms with Gasteiger partial charge in [-0.25, -0.2) is 0 Å². The van der Waals surface area contributed by atoms with E-state index < -0.39 is 0 Å². The van der Waals surface area contributed by atoms with Crippen LogP contribution in [0.15, 0.2) is 0 Å². The first-order valence-corrected chi connectivity index (χ1v) is 5.86. The Labute approximate surface area is 88.4 Å². The van der Waals surface area contributed by atoms with Crippen molar-refractivity contribution in [1.82, 2.24) is 5.32 Å². The van der Waals surface area contributed by atoms with Gasteiger partial charge in [0.15, 0.2) is 0 Å². The highest BCUT2D eigenvalue weighted by molar-refractivity contribution is 4.67. The molecule has 0 bridgehead atoms. The lowest BCUT2D eigenvalue weighted by molar-refractivity contribution is 0.184. The average molecular weight is 199 g/mol. The van der Waals surface area contributed by atoms with Crippen LogP contribution in [0.4, 0.5) is 0 Å². The van der Waals surface area contributed by atoms with Crippen LogP contribution in [0, 0.1) is 11.3 Å². The van der Waals surface area contributed by atoms with Gasteiger partial charge in [0.25, 0.3) is 0 Å². The molecule has 2 nitrogen and oxygen atoms in total. The second-order valence-electron chi connectivity index (χ2n) is 5.58. The van der Waals surface area contributed by atoms with Gasteiger partial charge >= 0.3 is 0 Å². The Bertz CT molecular complexity index is 145. The van der Waals surface area contributed by atoms with Gasteiger partial charge in [0.05, 0.1) is 0 Å². The average Bonchev–Trinajstić information content (AvgIpc) is 2.54. The van der Waals surface area contributed by atoms with E-state index in [0.29, 0.717) is 5.41 Å². The number of rotatable bonds is 5. The molecule has 0 aliphatic carbocycles. The third kappa shape index (κ3) is 5.61. The van der Waals surface area contributed by atoms with Crippen molar-refractivity contribution in [3.63, 3.8) is 0 Å². The SMILES string of the molecule is CC(C)(C)CCNCCC1CCOC1. The minimum atomic E-state index is 0.462. The maximum Gasteiger partial charge on any atom is 0.0495 e. The van der Waals surface area contributed by atoms with Gasteiger partial charge in [-0.1, -0.05) is 20.8 Å². The van der Waals surface area contributed by atoms with Crippen molar-refractivity contribution >= 4 is 0 Å². The molecule has 0 radical (unpaired) electrons. The number of hydrogen-bond donors (Lipinski definition) is 1. The Kier molecular flexibility index (Phi) is 4.90. The Morgan fingerprint density at radius 2 is 2.07 bits per heavy atom. The van der Waals surface area contributed by atoms with Gasteiger partial charge in [-0.3, -0.25) is 0 Å². The van der Waals surface area contributed by atoms with E-state index in [0.717, 1.165) is 32.2 Å². The molecule has 2 heteroatoms. The van der Waals surface area contributed by atoms with Gasteiger partial charge in [-0.2, -0.15) is 0 Å². The van der Waals surface area contributed by atoms with E-state index in [1.165, 1.54) is 19.3 Å². The van der Waals surface area contributed by atoms with E-state index >= 15 is 0 Å². The molecule has 1 N–H and O–H groups in total.